The van der Waals surface area contributed by atoms with E-state index in [1.54, 1.807) is 4.90 Å². The second kappa shape index (κ2) is 8.76. The van der Waals surface area contributed by atoms with E-state index in [0.717, 1.165) is 26.2 Å². The summed E-state index contributed by atoms with van der Waals surface area (Å²) in [5.74, 6) is 1.25. The van der Waals surface area contributed by atoms with Crippen LogP contribution < -0.4 is 0 Å². The second-order valence-corrected chi connectivity index (χ2v) is 6.25. The SMILES string of the molecule is CCN(CC(C)C#N)C(=O)CN1CCN(Cc2nc(C)no2)CC1. The Morgan fingerprint density at radius 1 is 1.38 bits per heavy atom. The Morgan fingerprint density at radius 2 is 2.04 bits per heavy atom. The first-order valence-corrected chi connectivity index (χ1v) is 8.43. The van der Waals surface area contributed by atoms with Gasteiger partial charge in [0.2, 0.25) is 11.8 Å². The number of carbonyl (C=O) groups is 1. The van der Waals surface area contributed by atoms with Gasteiger partial charge in [0.15, 0.2) is 5.82 Å². The predicted molar refractivity (Wildman–Crippen MR) is 87.8 cm³/mol. The topological polar surface area (TPSA) is 89.5 Å². The average molecular weight is 334 g/mol. The molecule has 1 atom stereocenters. The van der Waals surface area contributed by atoms with E-state index >= 15 is 0 Å². The Balaban J connectivity index is 1.75. The van der Waals surface area contributed by atoms with E-state index in [1.165, 1.54) is 0 Å². The standard InChI is InChI=1S/C16H26N6O2/c1-4-22(10-13(2)9-17)16(23)12-21-7-5-20(6-8-21)11-15-18-14(3)19-24-15/h13H,4-8,10-12H2,1-3H3. The first-order chi connectivity index (χ1) is 11.5. The Kier molecular flexibility index (Phi) is 6.70. The van der Waals surface area contributed by atoms with E-state index in [2.05, 4.69) is 26.0 Å². The van der Waals surface area contributed by atoms with Crippen molar-refractivity contribution in [1.29, 1.82) is 5.26 Å². The molecule has 8 heteroatoms. The van der Waals surface area contributed by atoms with E-state index in [-0.39, 0.29) is 11.8 Å². The van der Waals surface area contributed by atoms with Crippen molar-refractivity contribution in [1.82, 2.24) is 24.8 Å². The van der Waals surface area contributed by atoms with Crippen LogP contribution >= 0.6 is 0 Å². The van der Waals surface area contributed by atoms with Gasteiger partial charge in [0.1, 0.15) is 0 Å². The van der Waals surface area contributed by atoms with Crippen LogP contribution in [0.5, 0.6) is 0 Å². The molecule has 2 rings (SSSR count). The summed E-state index contributed by atoms with van der Waals surface area (Å²) in [5, 5.41) is 12.7. The summed E-state index contributed by atoms with van der Waals surface area (Å²) < 4.78 is 5.15. The molecule has 0 saturated carbocycles. The van der Waals surface area contributed by atoms with Gasteiger partial charge in [-0.3, -0.25) is 14.6 Å². The van der Waals surface area contributed by atoms with Gasteiger partial charge in [-0.1, -0.05) is 5.16 Å². The van der Waals surface area contributed by atoms with E-state index in [9.17, 15) is 4.79 Å². The van der Waals surface area contributed by atoms with Gasteiger partial charge in [0.05, 0.1) is 25.1 Å². The van der Waals surface area contributed by atoms with E-state index in [0.29, 0.717) is 37.9 Å². The second-order valence-electron chi connectivity index (χ2n) is 6.25. The van der Waals surface area contributed by atoms with Crippen molar-refractivity contribution in [2.75, 3.05) is 45.8 Å². The summed E-state index contributed by atoms with van der Waals surface area (Å²) >= 11 is 0. The van der Waals surface area contributed by atoms with Gasteiger partial charge in [-0.15, -0.1) is 0 Å². The van der Waals surface area contributed by atoms with Crippen molar-refractivity contribution in [2.24, 2.45) is 5.92 Å². The van der Waals surface area contributed by atoms with Gasteiger partial charge < -0.3 is 9.42 Å². The Labute approximate surface area is 143 Å². The lowest BCUT2D eigenvalue weighted by Gasteiger charge is -2.34. The molecule has 1 aliphatic heterocycles. The molecule has 2 heterocycles. The van der Waals surface area contributed by atoms with Crippen LogP contribution in [0.1, 0.15) is 25.6 Å². The third kappa shape index (κ3) is 5.28. The molecule has 0 spiro atoms. The molecule has 1 aliphatic rings. The third-order valence-corrected chi connectivity index (χ3v) is 4.20. The highest BCUT2D eigenvalue weighted by atomic mass is 16.5. The smallest absolute Gasteiger partial charge is 0.240 e. The third-order valence-electron chi connectivity index (χ3n) is 4.20. The molecule has 1 unspecified atom stereocenters. The zero-order chi connectivity index (χ0) is 17.5. The first-order valence-electron chi connectivity index (χ1n) is 8.43. The maximum absolute atomic E-state index is 12.4. The minimum atomic E-state index is -0.136. The maximum Gasteiger partial charge on any atom is 0.240 e. The van der Waals surface area contributed by atoms with Crippen molar-refractivity contribution < 1.29 is 9.32 Å². The molecule has 0 N–H and O–H groups in total. The van der Waals surface area contributed by atoms with Crippen molar-refractivity contribution >= 4 is 5.91 Å². The molecule has 1 aromatic heterocycles. The summed E-state index contributed by atoms with van der Waals surface area (Å²) in [4.78, 5) is 22.8. The average Bonchev–Trinajstić information content (AvgIpc) is 2.98. The summed E-state index contributed by atoms with van der Waals surface area (Å²) in [6.45, 7) is 11.2. The monoisotopic (exact) mass is 334 g/mol. The van der Waals surface area contributed by atoms with Crippen LogP contribution in [0.4, 0.5) is 0 Å². The largest absolute Gasteiger partial charge is 0.341 e. The minimum Gasteiger partial charge on any atom is -0.341 e. The van der Waals surface area contributed by atoms with Gasteiger partial charge in [-0.25, -0.2) is 0 Å². The molecule has 24 heavy (non-hydrogen) atoms. The number of rotatable bonds is 7. The van der Waals surface area contributed by atoms with Crippen LogP contribution in [0.2, 0.25) is 0 Å². The fraction of sp³-hybridized carbons (Fsp3) is 0.750. The highest BCUT2D eigenvalue weighted by molar-refractivity contribution is 5.78. The fourth-order valence-electron chi connectivity index (χ4n) is 2.77. The van der Waals surface area contributed by atoms with E-state index < -0.39 is 0 Å². The molecule has 0 aromatic carbocycles. The lowest BCUT2D eigenvalue weighted by Crippen LogP contribution is -2.50. The number of likely N-dealkylation sites (N-methyl/N-ethyl adjacent to an activating group) is 1. The lowest BCUT2D eigenvalue weighted by atomic mass is 10.2. The van der Waals surface area contributed by atoms with Gasteiger partial charge in [0.25, 0.3) is 0 Å². The molecule has 0 aliphatic carbocycles. The summed E-state index contributed by atoms with van der Waals surface area (Å²) in [6.07, 6.45) is 0. The first kappa shape index (κ1) is 18.4. The van der Waals surface area contributed by atoms with Crippen molar-refractivity contribution in [3.8, 4) is 6.07 Å². The van der Waals surface area contributed by atoms with Crippen molar-refractivity contribution in [3.05, 3.63) is 11.7 Å². The zero-order valence-corrected chi connectivity index (χ0v) is 14.7. The van der Waals surface area contributed by atoms with Crippen LogP contribution in [0.3, 0.4) is 0 Å². The van der Waals surface area contributed by atoms with Gasteiger partial charge in [-0.2, -0.15) is 10.2 Å². The number of nitrogens with zero attached hydrogens (tertiary/aromatic N) is 6. The molecule has 1 amide bonds. The van der Waals surface area contributed by atoms with E-state index in [1.807, 2.05) is 20.8 Å². The fourth-order valence-corrected chi connectivity index (χ4v) is 2.77. The molecule has 1 fully saturated rings. The van der Waals surface area contributed by atoms with Crippen LogP contribution in [-0.4, -0.2) is 76.6 Å². The van der Waals surface area contributed by atoms with Gasteiger partial charge >= 0.3 is 0 Å². The Morgan fingerprint density at radius 3 is 2.58 bits per heavy atom. The summed E-state index contributed by atoms with van der Waals surface area (Å²) in [7, 11) is 0. The summed E-state index contributed by atoms with van der Waals surface area (Å²) in [5.41, 5.74) is 0. The van der Waals surface area contributed by atoms with Crippen molar-refractivity contribution in [3.63, 3.8) is 0 Å². The normalized spacial score (nSPS) is 17.4. The number of aryl methyl sites for hydroxylation is 1. The molecule has 1 aromatic rings. The number of aromatic nitrogens is 2. The van der Waals surface area contributed by atoms with Crippen LogP contribution in [0.15, 0.2) is 4.52 Å². The molecular formula is C16H26N6O2. The van der Waals surface area contributed by atoms with Crippen LogP contribution in [0.25, 0.3) is 0 Å². The number of carbonyl (C=O) groups excluding carboxylic acids is 1. The molecule has 1 saturated heterocycles. The van der Waals surface area contributed by atoms with Gasteiger partial charge in [0, 0.05) is 39.3 Å². The Hall–Kier alpha value is -1.98. The molecule has 0 bridgehead atoms. The number of hydrogen-bond donors (Lipinski definition) is 0. The number of hydrogen-bond acceptors (Lipinski definition) is 7. The van der Waals surface area contributed by atoms with Crippen LogP contribution in [-0.2, 0) is 11.3 Å². The predicted octanol–water partition coefficient (Wildman–Crippen LogP) is 0.504. The van der Waals surface area contributed by atoms with Gasteiger partial charge in [-0.05, 0) is 20.8 Å². The van der Waals surface area contributed by atoms with Crippen LogP contribution in [0, 0.1) is 24.2 Å². The minimum absolute atomic E-state index is 0.0978. The molecule has 8 nitrogen and oxygen atoms in total. The van der Waals surface area contributed by atoms with E-state index in [4.69, 9.17) is 9.78 Å². The highest BCUT2D eigenvalue weighted by Gasteiger charge is 2.23. The molecular weight excluding hydrogens is 308 g/mol. The lowest BCUT2D eigenvalue weighted by molar-refractivity contribution is -0.133. The number of piperazine rings is 1. The quantitative estimate of drug-likeness (QED) is 0.717. The van der Waals surface area contributed by atoms with Crippen molar-refractivity contribution in [2.45, 2.75) is 27.3 Å². The highest BCUT2D eigenvalue weighted by Crippen LogP contribution is 2.08. The number of amides is 1. The molecule has 132 valence electrons. The molecule has 0 radical (unpaired) electrons. The number of nitriles is 1. The summed E-state index contributed by atoms with van der Waals surface area (Å²) in [6, 6.07) is 2.18. The maximum atomic E-state index is 12.4. The zero-order valence-electron chi connectivity index (χ0n) is 14.7. The Bertz CT molecular complexity index is 573.